The number of nitrogens with zero attached hydrogens (tertiary/aromatic N) is 1. The van der Waals surface area contributed by atoms with Crippen LogP contribution in [0.3, 0.4) is 0 Å². The molecule has 7 heteroatoms. The molecule has 0 spiro atoms. The fourth-order valence-electron chi connectivity index (χ4n) is 4.10. The molecule has 0 bridgehead atoms. The van der Waals surface area contributed by atoms with Crippen molar-refractivity contribution < 1.29 is 19.1 Å². The molecule has 7 nitrogen and oxygen atoms in total. The fourth-order valence-corrected chi connectivity index (χ4v) is 4.10. The van der Waals surface area contributed by atoms with Crippen LogP contribution in [-0.4, -0.2) is 60.0 Å². The summed E-state index contributed by atoms with van der Waals surface area (Å²) in [7, 11) is 1.74. The van der Waals surface area contributed by atoms with Crippen molar-refractivity contribution in [1.29, 1.82) is 0 Å². The van der Waals surface area contributed by atoms with Crippen LogP contribution >= 0.6 is 0 Å². The molecule has 0 aromatic heterocycles. The Morgan fingerprint density at radius 2 is 1.55 bits per heavy atom. The Morgan fingerprint density at radius 1 is 1.00 bits per heavy atom. The van der Waals surface area contributed by atoms with E-state index in [0.717, 1.165) is 0 Å². The first-order valence-corrected chi connectivity index (χ1v) is 12.5. The van der Waals surface area contributed by atoms with Gasteiger partial charge in [-0.25, -0.2) is 4.79 Å². The van der Waals surface area contributed by atoms with Crippen LogP contribution in [0.1, 0.15) is 88.5 Å². The Hall–Kier alpha value is -1.89. The van der Waals surface area contributed by atoms with Gasteiger partial charge in [0.05, 0.1) is 18.2 Å². The largest absolute Gasteiger partial charge is 0.463 e. The molecule has 33 heavy (non-hydrogen) atoms. The van der Waals surface area contributed by atoms with E-state index in [2.05, 4.69) is 10.6 Å². The zero-order chi connectivity index (χ0) is 25.9. The van der Waals surface area contributed by atoms with Crippen molar-refractivity contribution in [3.05, 3.63) is 11.6 Å². The minimum Gasteiger partial charge on any atom is -0.463 e. The van der Waals surface area contributed by atoms with Crippen LogP contribution in [-0.2, 0) is 19.1 Å². The number of likely N-dealkylation sites (N-methyl/N-ethyl adjacent to an activating group) is 1. The van der Waals surface area contributed by atoms with E-state index >= 15 is 0 Å². The van der Waals surface area contributed by atoms with Crippen molar-refractivity contribution >= 4 is 17.8 Å². The highest BCUT2D eigenvalue weighted by atomic mass is 16.5. The second-order valence-corrected chi connectivity index (χ2v) is 10.00. The Morgan fingerprint density at radius 3 is 1.94 bits per heavy atom. The average Bonchev–Trinajstić information content (AvgIpc) is 2.73. The summed E-state index contributed by atoms with van der Waals surface area (Å²) in [6, 6.07) is -0.810. The number of nitrogens with one attached hydrogen (secondary N) is 2. The third-order valence-corrected chi connectivity index (χ3v) is 6.01. The summed E-state index contributed by atoms with van der Waals surface area (Å²) in [6.45, 7) is 19.9. The van der Waals surface area contributed by atoms with E-state index < -0.39 is 11.6 Å². The molecule has 0 heterocycles. The number of carbonyl (C=O) groups excluding carboxylic acids is 3. The number of hydrogen-bond donors (Lipinski definition) is 2. The Bertz CT molecular complexity index is 666. The summed E-state index contributed by atoms with van der Waals surface area (Å²) < 4.78 is 5.10. The Balaban J connectivity index is 5.94. The number of hydrogen-bond acceptors (Lipinski definition) is 5. The molecule has 0 aliphatic rings. The van der Waals surface area contributed by atoms with E-state index in [4.69, 9.17) is 4.74 Å². The quantitative estimate of drug-likeness (QED) is 0.297. The maximum absolute atomic E-state index is 13.6. The zero-order valence-corrected chi connectivity index (χ0v) is 22.9. The monoisotopic (exact) mass is 467 g/mol. The van der Waals surface area contributed by atoms with Gasteiger partial charge in [-0.2, -0.15) is 0 Å². The Labute approximate surface area is 202 Å². The molecule has 0 rings (SSSR count). The molecule has 0 aromatic carbocycles. The highest BCUT2D eigenvalue weighted by Gasteiger charge is 2.38. The highest BCUT2D eigenvalue weighted by molar-refractivity contribution is 5.92. The van der Waals surface area contributed by atoms with E-state index in [1.165, 1.54) is 0 Å². The molecular weight excluding hydrogens is 418 g/mol. The van der Waals surface area contributed by atoms with Crippen molar-refractivity contribution in [2.45, 2.75) is 112 Å². The standard InChI is InChI=1S/C26H49N3O4/c1-12-26(13-2,28-19(8)9)25(32)27-21(15-17(4)5)23(30)29(11)22(18(6)7)16-20(10)24(31)33-14-3/h16-19,21-22,28H,12-15H2,1-11H3,(H,27,32)/b20-16+. The molecule has 2 atom stereocenters. The molecule has 0 saturated carbocycles. The van der Waals surface area contributed by atoms with Gasteiger partial charge in [0.1, 0.15) is 6.04 Å². The van der Waals surface area contributed by atoms with Crippen LogP contribution in [0.2, 0.25) is 0 Å². The van der Waals surface area contributed by atoms with E-state index in [9.17, 15) is 14.4 Å². The van der Waals surface area contributed by atoms with Crippen molar-refractivity contribution in [3.8, 4) is 0 Å². The molecule has 0 fully saturated rings. The molecule has 0 aliphatic carbocycles. The molecule has 0 radical (unpaired) electrons. The maximum Gasteiger partial charge on any atom is 0.333 e. The van der Waals surface area contributed by atoms with Crippen LogP contribution in [0, 0.1) is 11.8 Å². The summed E-state index contributed by atoms with van der Waals surface area (Å²) >= 11 is 0. The van der Waals surface area contributed by atoms with Crippen molar-refractivity contribution in [2.75, 3.05) is 13.7 Å². The summed E-state index contributed by atoms with van der Waals surface area (Å²) in [4.78, 5) is 40.8. The first kappa shape index (κ1) is 31.1. The molecule has 0 aliphatic heterocycles. The predicted molar refractivity (Wildman–Crippen MR) is 135 cm³/mol. The molecule has 0 aromatic rings. The van der Waals surface area contributed by atoms with Crippen molar-refractivity contribution in [3.63, 3.8) is 0 Å². The molecule has 0 saturated heterocycles. The molecule has 2 amide bonds. The van der Waals surface area contributed by atoms with Gasteiger partial charge in [0.2, 0.25) is 11.8 Å². The normalized spacial score (nSPS) is 14.4. The van der Waals surface area contributed by atoms with Crippen LogP contribution < -0.4 is 10.6 Å². The van der Waals surface area contributed by atoms with Crippen LogP contribution in [0.25, 0.3) is 0 Å². The first-order chi connectivity index (χ1) is 15.3. The fraction of sp³-hybridized carbons (Fsp3) is 0.808. The lowest BCUT2D eigenvalue weighted by Crippen LogP contribution is -2.62. The lowest BCUT2D eigenvalue weighted by Gasteiger charge is -2.37. The first-order valence-electron chi connectivity index (χ1n) is 12.5. The summed E-state index contributed by atoms with van der Waals surface area (Å²) in [5.41, 5.74) is -0.253. The summed E-state index contributed by atoms with van der Waals surface area (Å²) in [5.74, 6) is -0.391. The smallest absolute Gasteiger partial charge is 0.333 e. The number of amides is 2. The zero-order valence-electron chi connectivity index (χ0n) is 22.9. The number of ether oxygens (including phenoxy) is 1. The maximum atomic E-state index is 13.6. The average molecular weight is 468 g/mol. The molecule has 2 unspecified atom stereocenters. The molecular formula is C26H49N3O4. The second kappa shape index (κ2) is 14.4. The number of rotatable bonds is 14. The number of carbonyl (C=O) groups is 3. The Kier molecular flexibility index (Phi) is 13.6. The van der Waals surface area contributed by atoms with E-state index in [-0.39, 0.29) is 41.7 Å². The van der Waals surface area contributed by atoms with E-state index in [1.807, 2.05) is 55.4 Å². The third kappa shape index (κ3) is 9.48. The van der Waals surface area contributed by atoms with Gasteiger partial charge < -0.3 is 20.3 Å². The van der Waals surface area contributed by atoms with Gasteiger partial charge in [-0.05, 0) is 58.8 Å². The molecule has 2 N–H and O–H groups in total. The van der Waals surface area contributed by atoms with E-state index in [0.29, 0.717) is 31.4 Å². The van der Waals surface area contributed by atoms with Crippen LogP contribution in [0.4, 0.5) is 0 Å². The van der Waals surface area contributed by atoms with Crippen LogP contribution in [0.5, 0.6) is 0 Å². The predicted octanol–water partition coefficient (Wildman–Crippen LogP) is 4.07. The highest BCUT2D eigenvalue weighted by Crippen LogP contribution is 2.20. The van der Waals surface area contributed by atoms with Gasteiger partial charge in [-0.1, -0.05) is 47.6 Å². The van der Waals surface area contributed by atoms with Gasteiger partial charge in [-0.15, -0.1) is 0 Å². The second-order valence-electron chi connectivity index (χ2n) is 10.00. The van der Waals surface area contributed by atoms with Gasteiger partial charge in [0.25, 0.3) is 0 Å². The van der Waals surface area contributed by atoms with Gasteiger partial charge in [-0.3, -0.25) is 9.59 Å². The van der Waals surface area contributed by atoms with E-state index in [1.54, 1.807) is 31.9 Å². The topological polar surface area (TPSA) is 87.7 Å². The SMILES string of the molecule is CCOC(=O)/C(C)=C/C(C(C)C)N(C)C(=O)C(CC(C)C)NC(=O)C(CC)(CC)NC(C)C. The number of esters is 1. The van der Waals surface area contributed by atoms with Crippen molar-refractivity contribution in [2.24, 2.45) is 11.8 Å². The molecule has 192 valence electrons. The lowest BCUT2D eigenvalue weighted by molar-refractivity contribution is -0.140. The van der Waals surface area contributed by atoms with Crippen molar-refractivity contribution in [1.82, 2.24) is 15.5 Å². The van der Waals surface area contributed by atoms with Crippen LogP contribution in [0.15, 0.2) is 11.6 Å². The van der Waals surface area contributed by atoms with Gasteiger partial charge in [0, 0.05) is 18.7 Å². The minimum absolute atomic E-state index is 0.0757. The lowest BCUT2D eigenvalue weighted by atomic mass is 9.89. The summed E-state index contributed by atoms with van der Waals surface area (Å²) in [6.07, 6.45) is 3.58. The third-order valence-electron chi connectivity index (χ3n) is 6.01. The van der Waals surface area contributed by atoms with Gasteiger partial charge in [0.15, 0.2) is 0 Å². The summed E-state index contributed by atoms with van der Waals surface area (Å²) in [5, 5.41) is 6.48. The van der Waals surface area contributed by atoms with Gasteiger partial charge >= 0.3 is 5.97 Å². The minimum atomic E-state index is -0.722.